The number of benzene rings is 3. The quantitative estimate of drug-likeness (QED) is 0.551. The molecule has 0 aliphatic carbocycles. The molecule has 5 nitrogen and oxygen atoms in total. The summed E-state index contributed by atoms with van der Waals surface area (Å²) in [4.78, 5) is 0. The normalized spacial score (nSPS) is 19.4. The van der Waals surface area contributed by atoms with E-state index in [-0.39, 0.29) is 6.04 Å². The smallest absolute Gasteiger partial charge is 0.217 e. The van der Waals surface area contributed by atoms with E-state index in [1.54, 1.807) is 14.2 Å². The van der Waals surface area contributed by atoms with Gasteiger partial charge in [-0.3, -0.25) is 0 Å². The molecule has 2 atom stereocenters. The van der Waals surface area contributed by atoms with Crippen LogP contribution in [0.1, 0.15) is 35.4 Å². The first-order valence-corrected chi connectivity index (χ1v) is 10.1. The molecular weight excluding hydrogens is 400 g/mol. The molecule has 0 bridgehead atoms. The summed E-state index contributed by atoms with van der Waals surface area (Å²) in [5, 5.41) is 7.69. The van der Waals surface area contributed by atoms with Gasteiger partial charge in [0.05, 0.1) is 31.5 Å². The van der Waals surface area contributed by atoms with E-state index in [1.807, 2.05) is 71.7 Å². The van der Waals surface area contributed by atoms with Gasteiger partial charge < -0.3 is 14.2 Å². The summed E-state index contributed by atoms with van der Waals surface area (Å²) in [5.74, 6) is 2.41. The summed E-state index contributed by atoms with van der Waals surface area (Å²) in [6.07, 6.45) is 0.366. The highest BCUT2D eigenvalue weighted by Gasteiger charge is 2.42. The average molecular weight is 421 g/mol. The van der Waals surface area contributed by atoms with Crippen LogP contribution in [0.25, 0.3) is 0 Å². The Morgan fingerprint density at radius 3 is 2.53 bits per heavy atom. The maximum absolute atomic E-state index is 6.41. The van der Waals surface area contributed by atoms with E-state index in [0.717, 1.165) is 46.1 Å². The Kier molecular flexibility index (Phi) is 4.75. The molecule has 30 heavy (non-hydrogen) atoms. The molecule has 3 aromatic rings. The number of hydrogen-bond acceptors (Lipinski definition) is 5. The molecule has 2 unspecified atom stereocenters. The van der Waals surface area contributed by atoms with Crippen molar-refractivity contribution < 1.29 is 14.2 Å². The minimum absolute atomic E-state index is 0.0273. The molecule has 2 heterocycles. The fourth-order valence-corrected chi connectivity index (χ4v) is 4.27. The molecule has 5 rings (SSSR count). The lowest BCUT2D eigenvalue weighted by Crippen LogP contribution is -2.33. The van der Waals surface area contributed by atoms with Crippen molar-refractivity contribution in [1.29, 1.82) is 0 Å². The van der Waals surface area contributed by atoms with Crippen LogP contribution in [0.5, 0.6) is 17.2 Å². The molecule has 6 heteroatoms. The van der Waals surface area contributed by atoms with E-state index in [2.05, 4.69) is 0 Å². The van der Waals surface area contributed by atoms with E-state index in [4.69, 9.17) is 30.9 Å². The summed E-state index contributed by atoms with van der Waals surface area (Å²) in [6, 6.07) is 21.7. The van der Waals surface area contributed by atoms with Crippen LogP contribution in [0.2, 0.25) is 5.02 Å². The van der Waals surface area contributed by atoms with Gasteiger partial charge in [0.15, 0.2) is 0 Å². The lowest BCUT2D eigenvalue weighted by molar-refractivity contribution is -0.0203. The van der Waals surface area contributed by atoms with Gasteiger partial charge in [-0.1, -0.05) is 23.7 Å². The number of rotatable bonds is 4. The van der Waals surface area contributed by atoms with Gasteiger partial charge in [0, 0.05) is 17.0 Å². The van der Waals surface area contributed by atoms with Crippen molar-refractivity contribution in [2.24, 2.45) is 5.10 Å². The van der Waals surface area contributed by atoms with Crippen LogP contribution in [0, 0.1) is 0 Å². The predicted octanol–water partition coefficient (Wildman–Crippen LogP) is 5.60. The Hall–Kier alpha value is -3.18. The second kappa shape index (κ2) is 7.58. The van der Waals surface area contributed by atoms with Crippen molar-refractivity contribution in [2.75, 3.05) is 14.2 Å². The first-order chi connectivity index (χ1) is 14.7. The third-order valence-corrected chi connectivity index (χ3v) is 5.82. The number of methoxy groups -OCH3 is 2. The van der Waals surface area contributed by atoms with Crippen LogP contribution < -0.4 is 14.2 Å². The molecule has 0 fully saturated rings. The molecule has 152 valence electrons. The van der Waals surface area contributed by atoms with Crippen molar-refractivity contribution in [2.45, 2.75) is 18.7 Å². The number of hydrogen-bond donors (Lipinski definition) is 0. The van der Waals surface area contributed by atoms with Crippen molar-refractivity contribution >= 4 is 17.3 Å². The molecule has 0 amide bonds. The monoisotopic (exact) mass is 420 g/mol. The summed E-state index contributed by atoms with van der Waals surface area (Å²) in [5.41, 5.74) is 4.04. The second-order valence-corrected chi connectivity index (χ2v) is 7.71. The SMILES string of the molecule is COc1ccc(C2=NN3C(C2)c2cc(Cl)ccc2OC3c2ccccc2OC)cc1. The van der Waals surface area contributed by atoms with Crippen molar-refractivity contribution in [3.8, 4) is 17.2 Å². The lowest BCUT2D eigenvalue weighted by atomic mass is 9.95. The van der Waals surface area contributed by atoms with Gasteiger partial charge in [-0.2, -0.15) is 5.10 Å². The van der Waals surface area contributed by atoms with Crippen LogP contribution in [0.4, 0.5) is 0 Å². The number of para-hydroxylation sites is 1. The van der Waals surface area contributed by atoms with Crippen LogP contribution in [-0.2, 0) is 0 Å². The van der Waals surface area contributed by atoms with Gasteiger partial charge in [0.2, 0.25) is 6.23 Å². The fraction of sp³-hybridized carbons (Fsp3) is 0.208. The third kappa shape index (κ3) is 3.15. The highest BCUT2D eigenvalue weighted by atomic mass is 35.5. The molecule has 0 radical (unpaired) electrons. The van der Waals surface area contributed by atoms with Gasteiger partial charge in [-0.15, -0.1) is 0 Å². The molecule has 2 aliphatic heterocycles. The van der Waals surface area contributed by atoms with Crippen LogP contribution in [0.3, 0.4) is 0 Å². The van der Waals surface area contributed by atoms with E-state index in [1.165, 1.54) is 0 Å². The minimum atomic E-state index is -0.393. The highest BCUT2D eigenvalue weighted by Crippen LogP contribution is 2.49. The Labute approximate surface area is 180 Å². The number of fused-ring (bicyclic) bond motifs is 3. The number of halogens is 1. The topological polar surface area (TPSA) is 43.3 Å². The third-order valence-electron chi connectivity index (χ3n) is 5.58. The summed E-state index contributed by atoms with van der Waals surface area (Å²) in [6.45, 7) is 0. The molecular formula is C24H21ClN2O3. The highest BCUT2D eigenvalue weighted by molar-refractivity contribution is 6.30. The number of nitrogens with zero attached hydrogens (tertiary/aromatic N) is 2. The Balaban J connectivity index is 1.60. The average Bonchev–Trinajstić information content (AvgIpc) is 3.24. The van der Waals surface area contributed by atoms with Gasteiger partial charge in [0.25, 0.3) is 0 Å². The van der Waals surface area contributed by atoms with Gasteiger partial charge >= 0.3 is 0 Å². The Bertz CT molecular complexity index is 1110. The molecule has 0 spiro atoms. The van der Waals surface area contributed by atoms with Crippen LogP contribution in [-0.4, -0.2) is 24.9 Å². The maximum Gasteiger partial charge on any atom is 0.217 e. The molecule has 2 aliphatic rings. The van der Waals surface area contributed by atoms with E-state index < -0.39 is 6.23 Å². The number of ether oxygens (including phenoxy) is 3. The summed E-state index contributed by atoms with van der Waals surface area (Å²) < 4.78 is 17.3. The van der Waals surface area contributed by atoms with Gasteiger partial charge in [0.1, 0.15) is 17.2 Å². The standard InChI is InChI=1S/C24H21ClN2O3/c1-28-17-10-7-15(8-11-17)20-14-21-19-13-16(25)9-12-23(19)30-24(27(21)26-20)18-5-3-4-6-22(18)29-2/h3-13,21,24H,14H2,1-2H3. The van der Waals surface area contributed by atoms with Crippen molar-refractivity contribution in [3.63, 3.8) is 0 Å². The molecule has 0 saturated carbocycles. The predicted molar refractivity (Wildman–Crippen MR) is 117 cm³/mol. The zero-order valence-electron chi connectivity index (χ0n) is 16.7. The van der Waals surface area contributed by atoms with Gasteiger partial charge in [-0.25, -0.2) is 5.01 Å². The fourth-order valence-electron chi connectivity index (χ4n) is 4.09. The minimum Gasteiger partial charge on any atom is -0.497 e. The zero-order chi connectivity index (χ0) is 20.7. The zero-order valence-corrected chi connectivity index (χ0v) is 17.5. The lowest BCUT2D eigenvalue weighted by Gasteiger charge is -2.38. The summed E-state index contributed by atoms with van der Waals surface area (Å²) in [7, 11) is 3.33. The maximum atomic E-state index is 6.41. The van der Waals surface area contributed by atoms with Crippen LogP contribution >= 0.6 is 11.6 Å². The van der Waals surface area contributed by atoms with E-state index in [0.29, 0.717) is 5.02 Å². The van der Waals surface area contributed by atoms with E-state index in [9.17, 15) is 0 Å². The molecule has 0 saturated heterocycles. The van der Waals surface area contributed by atoms with E-state index >= 15 is 0 Å². The van der Waals surface area contributed by atoms with Crippen molar-refractivity contribution in [1.82, 2.24) is 5.01 Å². The molecule has 0 aromatic heterocycles. The Morgan fingerprint density at radius 2 is 1.77 bits per heavy atom. The number of hydrazone groups is 1. The van der Waals surface area contributed by atoms with Crippen molar-refractivity contribution in [3.05, 3.63) is 88.4 Å². The Morgan fingerprint density at radius 1 is 0.967 bits per heavy atom. The largest absolute Gasteiger partial charge is 0.497 e. The van der Waals surface area contributed by atoms with Gasteiger partial charge in [-0.05, 0) is 60.2 Å². The second-order valence-electron chi connectivity index (χ2n) is 7.27. The molecule has 3 aromatic carbocycles. The molecule has 0 N–H and O–H groups in total. The first-order valence-electron chi connectivity index (χ1n) is 9.77. The van der Waals surface area contributed by atoms with Crippen LogP contribution in [0.15, 0.2) is 71.8 Å². The first kappa shape index (κ1) is 18.8. The summed E-state index contributed by atoms with van der Waals surface area (Å²) >= 11 is 6.31.